The largest absolute Gasteiger partial charge is 0.481 e. The van der Waals surface area contributed by atoms with Gasteiger partial charge in [0.1, 0.15) is 0 Å². The van der Waals surface area contributed by atoms with Crippen LogP contribution in [0.2, 0.25) is 0 Å². The molecule has 6 heteroatoms. The average Bonchev–Trinajstić information content (AvgIpc) is 2.26. The van der Waals surface area contributed by atoms with E-state index in [-0.39, 0.29) is 24.8 Å². The van der Waals surface area contributed by atoms with Gasteiger partial charge in [-0.3, -0.25) is 9.59 Å². The molecule has 2 atom stereocenters. The lowest BCUT2D eigenvalue weighted by Gasteiger charge is -2.19. The number of aliphatic carboxylic acids is 1. The number of amides is 1. The van der Waals surface area contributed by atoms with Gasteiger partial charge in [0.15, 0.2) is 0 Å². The molecule has 6 nitrogen and oxygen atoms in total. The van der Waals surface area contributed by atoms with E-state index in [4.69, 9.17) is 15.6 Å². The zero-order chi connectivity index (χ0) is 13.3. The number of rotatable bonds is 9. The summed E-state index contributed by atoms with van der Waals surface area (Å²) in [6, 6.07) is -0.837. The Morgan fingerprint density at radius 2 is 2.06 bits per heavy atom. The van der Waals surface area contributed by atoms with Crippen molar-refractivity contribution < 1.29 is 19.4 Å². The maximum atomic E-state index is 11.6. The van der Waals surface area contributed by atoms with Gasteiger partial charge in [-0.1, -0.05) is 13.3 Å². The lowest BCUT2D eigenvalue weighted by Crippen LogP contribution is -2.47. The first-order valence-electron chi connectivity index (χ1n) is 5.77. The van der Waals surface area contributed by atoms with E-state index in [1.807, 2.05) is 6.92 Å². The van der Waals surface area contributed by atoms with Gasteiger partial charge >= 0.3 is 5.97 Å². The second kappa shape index (κ2) is 8.95. The molecule has 0 aliphatic rings. The molecule has 4 N–H and O–H groups in total. The van der Waals surface area contributed by atoms with Crippen LogP contribution < -0.4 is 11.1 Å². The fourth-order valence-corrected chi connectivity index (χ4v) is 1.47. The predicted octanol–water partition coefficient (Wildman–Crippen LogP) is 0.110. The van der Waals surface area contributed by atoms with Gasteiger partial charge in [0.25, 0.3) is 0 Å². The van der Waals surface area contributed by atoms with Crippen molar-refractivity contribution in [3.05, 3.63) is 0 Å². The van der Waals surface area contributed by atoms with Crippen LogP contribution in [0.3, 0.4) is 0 Å². The Bertz CT molecular complexity index is 240. The SMILES string of the molecule is CCCC(COC)NC(=O)C(N)CCC(=O)O. The molecular weight excluding hydrogens is 224 g/mol. The van der Waals surface area contributed by atoms with E-state index < -0.39 is 12.0 Å². The third-order valence-electron chi connectivity index (χ3n) is 2.36. The third-order valence-corrected chi connectivity index (χ3v) is 2.36. The van der Waals surface area contributed by atoms with E-state index in [0.29, 0.717) is 6.61 Å². The van der Waals surface area contributed by atoms with E-state index in [1.54, 1.807) is 7.11 Å². The molecule has 0 aromatic carbocycles. The van der Waals surface area contributed by atoms with Crippen LogP contribution >= 0.6 is 0 Å². The molecular formula is C11H22N2O4. The minimum absolute atomic E-state index is 0.0617. The molecule has 17 heavy (non-hydrogen) atoms. The minimum atomic E-state index is -0.949. The first-order chi connectivity index (χ1) is 8.01. The zero-order valence-electron chi connectivity index (χ0n) is 10.4. The summed E-state index contributed by atoms with van der Waals surface area (Å²) < 4.78 is 4.99. The molecule has 0 aliphatic carbocycles. The first-order valence-corrected chi connectivity index (χ1v) is 5.77. The Morgan fingerprint density at radius 3 is 2.53 bits per heavy atom. The van der Waals surface area contributed by atoms with Gasteiger partial charge in [-0.15, -0.1) is 0 Å². The molecule has 0 saturated heterocycles. The van der Waals surface area contributed by atoms with Crippen LogP contribution in [0.25, 0.3) is 0 Å². The molecule has 2 unspecified atom stereocenters. The average molecular weight is 246 g/mol. The third kappa shape index (κ3) is 7.70. The van der Waals surface area contributed by atoms with Crippen LogP contribution in [0.5, 0.6) is 0 Å². The van der Waals surface area contributed by atoms with Crippen LogP contribution in [0, 0.1) is 0 Å². The highest BCUT2D eigenvalue weighted by molar-refractivity contribution is 5.82. The summed E-state index contributed by atoms with van der Waals surface area (Å²) in [5.41, 5.74) is 5.59. The zero-order valence-corrected chi connectivity index (χ0v) is 10.4. The summed E-state index contributed by atoms with van der Waals surface area (Å²) in [7, 11) is 1.57. The highest BCUT2D eigenvalue weighted by Crippen LogP contribution is 2.00. The monoisotopic (exact) mass is 246 g/mol. The molecule has 0 bridgehead atoms. The van der Waals surface area contributed by atoms with Crippen LogP contribution in [-0.2, 0) is 14.3 Å². The van der Waals surface area contributed by atoms with Crippen molar-refractivity contribution in [1.29, 1.82) is 0 Å². The first kappa shape index (κ1) is 15.9. The predicted molar refractivity (Wildman–Crippen MR) is 63.6 cm³/mol. The maximum absolute atomic E-state index is 11.6. The number of carboxylic acid groups (broad SMARTS) is 1. The Morgan fingerprint density at radius 1 is 1.41 bits per heavy atom. The summed E-state index contributed by atoms with van der Waals surface area (Å²) in [5, 5.41) is 11.2. The highest BCUT2D eigenvalue weighted by Gasteiger charge is 2.18. The fraction of sp³-hybridized carbons (Fsp3) is 0.818. The van der Waals surface area contributed by atoms with Gasteiger partial charge in [-0.25, -0.2) is 0 Å². The number of carbonyl (C=O) groups is 2. The standard InChI is InChI=1S/C11H22N2O4/c1-3-4-8(7-17-2)13-11(16)9(12)5-6-10(14)15/h8-9H,3-7,12H2,1-2H3,(H,13,16)(H,14,15). The Hall–Kier alpha value is -1.14. The van der Waals surface area contributed by atoms with E-state index >= 15 is 0 Å². The van der Waals surface area contributed by atoms with Gasteiger partial charge in [0, 0.05) is 13.5 Å². The summed E-state index contributed by atoms with van der Waals surface area (Å²) in [6.45, 7) is 2.45. The molecule has 100 valence electrons. The van der Waals surface area contributed by atoms with E-state index in [1.165, 1.54) is 0 Å². The Kier molecular flexibility index (Phi) is 8.35. The Labute approximate surface area is 102 Å². The van der Waals surface area contributed by atoms with Gasteiger partial charge < -0.3 is 20.9 Å². The number of carboxylic acids is 1. The van der Waals surface area contributed by atoms with Crippen molar-refractivity contribution >= 4 is 11.9 Å². The van der Waals surface area contributed by atoms with Crippen LogP contribution in [0.1, 0.15) is 32.6 Å². The molecule has 0 aliphatic heterocycles. The van der Waals surface area contributed by atoms with Gasteiger partial charge in [0.05, 0.1) is 18.7 Å². The summed E-state index contributed by atoms with van der Waals surface area (Å²) >= 11 is 0. The molecule has 0 saturated carbocycles. The van der Waals surface area contributed by atoms with Crippen molar-refractivity contribution in [2.45, 2.75) is 44.7 Å². The molecule has 1 amide bonds. The second-order valence-electron chi connectivity index (χ2n) is 3.99. The van der Waals surface area contributed by atoms with Crippen molar-refractivity contribution in [3.8, 4) is 0 Å². The summed E-state index contributed by atoms with van der Waals surface area (Å²) in [5.74, 6) is -1.27. The number of carbonyl (C=O) groups excluding carboxylic acids is 1. The van der Waals surface area contributed by atoms with E-state index in [0.717, 1.165) is 12.8 Å². The number of methoxy groups -OCH3 is 1. The normalized spacial score (nSPS) is 14.1. The van der Waals surface area contributed by atoms with Crippen LogP contribution in [-0.4, -0.2) is 42.8 Å². The summed E-state index contributed by atoms with van der Waals surface area (Å²) in [6.07, 6.45) is 1.79. The fourth-order valence-electron chi connectivity index (χ4n) is 1.47. The molecule has 0 radical (unpaired) electrons. The Balaban J connectivity index is 4.05. The molecule has 0 spiro atoms. The number of nitrogens with one attached hydrogen (secondary N) is 1. The van der Waals surface area contributed by atoms with Gasteiger partial charge in [-0.2, -0.15) is 0 Å². The number of nitrogens with two attached hydrogens (primary N) is 1. The topological polar surface area (TPSA) is 102 Å². The van der Waals surface area contributed by atoms with E-state index in [2.05, 4.69) is 5.32 Å². The van der Waals surface area contributed by atoms with E-state index in [9.17, 15) is 9.59 Å². The van der Waals surface area contributed by atoms with Crippen molar-refractivity contribution in [2.24, 2.45) is 5.73 Å². The maximum Gasteiger partial charge on any atom is 0.303 e. The van der Waals surface area contributed by atoms with Gasteiger partial charge in [-0.05, 0) is 12.8 Å². The number of hydrogen-bond acceptors (Lipinski definition) is 4. The molecule has 0 rings (SSSR count). The van der Waals surface area contributed by atoms with Crippen LogP contribution in [0.4, 0.5) is 0 Å². The second-order valence-corrected chi connectivity index (χ2v) is 3.99. The number of hydrogen-bond donors (Lipinski definition) is 3. The van der Waals surface area contributed by atoms with Crippen LogP contribution in [0.15, 0.2) is 0 Å². The van der Waals surface area contributed by atoms with Crippen molar-refractivity contribution in [2.75, 3.05) is 13.7 Å². The molecule has 0 aromatic rings. The lowest BCUT2D eigenvalue weighted by molar-refractivity contribution is -0.137. The lowest BCUT2D eigenvalue weighted by atomic mass is 10.1. The highest BCUT2D eigenvalue weighted by atomic mass is 16.5. The quantitative estimate of drug-likeness (QED) is 0.536. The van der Waals surface area contributed by atoms with Crippen molar-refractivity contribution in [1.82, 2.24) is 5.32 Å². The number of ether oxygens (including phenoxy) is 1. The minimum Gasteiger partial charge on any atom is -0.481 e. The summed E-state index contributed by atoms with van der Waals surface area (Å²) in [4.78, 5) is 22.0. The van der Waals surface area contributed by atoms with Gasteiger partial charge in [0.2, 0.25) is 5.91 Å². The molecule has 0 aromatic heterocycles. The van der Waals surface area contributed by atoms with Crippen molar-refractivity contribution in [3.63, 3.8) is 0 Å². The molecule has 0 fully saturated rings. The smallest absolute Gasteiger partial charge is 0.303 e. The molecule has 0 heterocycles.